The van der Waals surface area contributed by atoms with Crippen molar-refractivity contribution in [3.05, 3.63) is 10.6 Å². The van der Waals surface area contributed by atoms with E-state index >= 15 is 0 Å². The van der Waals surface area contributed by atoms with Crippen molar-refractivity contribution in [2.45, 2.75) is 46.2 Å². The SMILES string of the molecule is CCO/C(O[Si](C)(C)C)=C(\Cl)[Si](C)(C)C. The molecule has 0 N–H and O–H groups in total. The summed E-state index contributed by atoms with van der Waals surface area (Å²) >= 11 is 6.32. The van der Waals surface area contributed by atoms with Gasteiger partial charge < -0.3 is 9.16 Å². The molecule has 0 fully saturated rings. The highest BCUT2D eigenvalue weighted by Crippen LogP contribution is 2.26. The maximum Gasteiger partial charge on any atom is 0.275 e. The monoisotopic (exact) mass is 266 g/mol. The highest BCUT2D eigenvalue weighted by Gasteiger charge is 2.27. The second kappa shape index (κ2) is 5.41. The first kappa shape index (κ1) is 15.1. The zero-order chi connectivity index (χ0) is 12.3. The molecule has 90 valence electrons. The van der Waals surface area contributed by atoms with Crippen LogP contribution in [-0.4, -0.2) is 23.0 Å². The standard InChI is InChI=1S/C10H23ClO2Si2/c1-8-12-10(13-15(5,6)7)9(11)14(2,3)4/h8H2,1-7H3/b10-9-. The van der Waals surface area contributed by atoms with Gasteiger partial charge in [0.15, 0.2) is 0 Å². The van der Waals surface area contributed by atoms with Gasteiger partial charge in [-0.2, -0.15) is 0 Å². The van der Waals surface area contributed by atoms with E-state index in [2.05, 4.69) is 39.3 Å². The molecule has 0 unspecified atom stereocenters. The molecule has 0 aromatic carbocycles. The van der Waals surface area contributed by atoms with Gasteiger partial charge in [0.2, 0.25) is 8.32 Å². The van der Waals surface area contributed by atoms with E-state index in [1.165, 1.54) is 0 Å². The third-order valence-corrected chi connectivity index (χ3v) is 5.69. The van der Waals surface area contributed by atoms with Gasteiger partial charge in [-0.15, -0.1) is 0 Å². The largest absolute Gasteiger partial charge is 0.519 e. The van der Waals surface area contributed by atoms with Crippen molar-refractivity contribution >= 4 is 28.0 Å². The van der Waals surface area contributed by atoms with Crippen molar-refractivity contribution in [2.75, 3.05) is 6.61 Å². The fourth-order valence-corrected chi connectivity index (χ4v) is 2.57. The molecular formula is C10H23ClO2Si2. The smallest absolute Gasteiger partial charge is 0.275 e. The minimum Gasteiger partial charge on any atom is -0.519 e. The van der Waals surface area contributed by atoms with Crippen LogP contribution in [0.1, 0.15) is 6.92 Å². The van der Waals surface area contributed by atoms with Crippen LogP contribution in [0.4, 0.5) is 0 Å². The van der Waals surface area contributed by atoms with Crippen LogP contribution in [-0.2, 0) is 9.16 Å². The molecule has 0 aliphatic heterocycles. The number of ether oxygens (including phenoxy) is 1. The second-order valence-electron chi connectivity index (χ2n) is 5.50. The maximum absolute atomic E-state index is 6.32. The van der Waals surface area contributed by atoms with Crippen LogP contribution in [0.2, 0.25) is 39.3 Å². The number of hydrogen-bond acceptors (Lipinski definition) is 2. The molecule has 0 rings (SSSR count). The molecule has 0 atom stereocenters. The van der Waals surface area contributed by atoms with E-state index in [4.69, 9.17) is 20.8 Å². The summed E-state index contributed by atoms with van der Waals surface area (Å²) in [6, 6.07) is 0. The molecule has 0 bridgehead atoms. The van der Waals surface area contributed by atoms with Crippen LogP contribution < -0.4 is 0 Å². The van der Waals surface area contributed by atoms with E-state index in [0.717, 1.165) is 4.66 Å². The Morgan fingerprint density at radius 3 is 1.80 bits per heavy atom. The first-order chi connectivity index (χ1) is 6.58. The van der Waals surface area contributed by atoms with Crippen LogP contribution >= 0.6 is 11.6 Å². The van der Waals surface area contributed by atoms with Gasteiger partial charge in [0.05, 0.1) is 11.3 Å². The molecule has 0 spiro atoms. The van der Waals surface area contributed by atoms with E-state index in [1.54, 1.807) is 0 Å². The lowest BCUT2D eigenvalue weighted by Gasteiger charge is -2.25. The molecular weight excluding hydrogens is 244 g/mol. The Labute approximate surface area is 101 Å². The second-order valence-corrected chi connectivity index (χ2v) is 15.6. The third-order valence-electron chi connectivity index (χ3n) is 1.51. The molecule has 0 amide bonds. The summed E-state index contributed by atoms with van der Waals surface area (Å²) in [5.41, 5.74) is 0. The summed E-state index contributed by atoms with van der Waals surface area (Å²) in [6.45, 7) is 15.5. The lowest BCUT2D eigenvalue weighted by Crippen LogP contribution is -2.30. The molecule has 0 heterocycles. The lowest BCUT2D eigenvalue weighted by atomic mass is 10.8. The van der Waals surface area contributed by atoms with E-state index in [1.807, 2.05) is 6.92 Å². The van der Waals surface area contributed by atoms with Gasteiger partial charge in [0.25, 0.3) is 5.95 Å². The van der Waals surface area contributed by atoms with Gasteiger partial charge in [0, 0.05) is 0 Å². The number of halogens is 1. The average Bonchev–Trinajstić information content (AvgIpc) is 1.98. The van der Waals surface area contributed by atoms with Crippen LogP contribution in [0.25, 0.3) is 0 Å². The van der Waals surface area contributed by atoms with Crippen molar-refractivity contribution in [1.29, 1.82) is 0 Å². The Kier molecular flexibility index (Phi) is 5.43. The fraction of sp³-hybridized carbons (Fsp3) is 0.800. The molecule has 0 radical (unpaired) electrons. The molecule has 0 aromatic heterocycles. The first-order valence-corrected chi connectivity index (χ1v) is 12.6. The number of hydrogen-bond donors (Lipinski definition) is 0. The topological polar surface area (TPSA) is 18.5 Å². The first-order valence-electron chi connectivity index (χ1n) is 5.30. The van der Waals surface area contributed by atoms with Crippen molar-refractivity contribution < 1.29 is 9.16 Å². The van der Waals surface area contributed by atoms with E-state index in [-0.39, 0.29) is 0 Å². The summed E-state index contributed by atoms with van der Waals surface area (Å²) in [5.74, 6) is 0.567. The Hall–Kier alpha value is 0.0638. The van der Waals surface area contributed by atoms with Crippen molar-refractivity contribution in [3.8, 4) is 0 Å². The Morgan fingerprint density at radius 2 is 1.53 bits per heavy atom. The minimum atomic E-state index is -1.64. The molecule has 0 saturated carbocycles. The molecule has 2 nitrogen and oxygen atoms in total. The molecule has 0 saturated heterocycles. The zero-order valence-corrected chi connectivity index (χ0v) is 13.7. The fourth-order valence-electron chi connectivity index (χ4n) is 0.853. The summed E-state index contributed by atoms with van der Waals surface area (Å²) in [7, 11) is -3.19. The van der Waals surface area contributed by atoms with E-state index in [9.17, 15) is 0 Å². The highest BCUT2D eigenvalue weighted by atomic mass is 35.5. The van der Waals surface area contributed by atoms with Gasteiger partial charge >= 0.3 is 0 Å². The van der Waals surface area contributed by atoms with Crippen molar-refractivity contribution in [3.63, 3.8) is 0 Å². The minimum absolute atomic E-state index is 0.567. The van der Waals surface area contributed by atoms with Crippen LogP contribution in [0.5, 0.6) is 0 Å². The quantitative estimate of drug-likeness (QED) is 0.550. The molecule has 15 heavy (non-hydrogen) atoms. The number of rotatable bonds is 5. The summed E-state index contributed by atoms with van der Waals surface area (Å²) in [5, 5.41) is 0. The van der Waals surface area contributed by atoms with Gasteiger partial charge in [0.1, 0.15) is 8.07 Å². The van der Waals surface area contributed by atoms with Crippen LogP contribution in [0.3, 0.4) is 0 Å². The normalized spacial score (nSPS) is 14.7. The summed E-state index contributed by atoms with van der Waals surface area (Å²) in [6.07, 6.45) is 0. The lowest BCUT2D eigenvalue weighted by molar-refractivity contribution is 0.112. The molecule has 0 aliphatic rings. The van der Waals surface area contributed by atoms with Crippen LogP contribution in [0, 0.1) is 0 Å². The third kappa shape index (κ3) is 6.27. The van der Waals surface area contributed by atoms with Crippen LogP contribution in [0.15, 0.2) is 10.6 Å². The predicted molar refractivity (Wildman–Crippen MR) is 72.3 cm³/mol. The van der Waals surface area contributed by atoms with Gasteiger partial charge in [-0.25, -0.2) is 0 Å². The van der Waals surface area contributed by atoms with Crippen molar-refractivity contribution in [2.24, 2.45) is 0 Å². The van der Waals surface area contributed by atoms with Crippen molar-refractivity contribution in [1.82, 2.24) is 0 Å². The Morgan fingerprint density at radius 1 is 1.07 bits per heavy atom. The van der Waals surface area contributed by atoms with Gasteiger partial charge in [-0.3, -0.25) is 0 Å². The predicted octanol–water partition coefficient (Wildman–Crippen LogP) is 4.16. The van der Waals surface area contributed by atoms with Gasteiger partial charge in [-0.05, 0) is 26.6 Å². The highest BCUT2D eigenvalue weighted by molar-refractivity contribution is 6.91. The average molecular weight is 267 g/mol. The summed E-state index contributed by atoms with van der Waals surface area (Å²) in [4.78, 5) is 0. The molecule has 0 aliphatic carbocycles. The molecule has 5 heteroatoms. The Bertz CT molecular complexity index is 239. The van der Waals surface area contributed by atoms with E-state index in [0.29, 0.717) is 12.6 Å². The molecule has 0 aromatic rings. The zero-order valence-electron chi connectivity index (χ0n) is 10.9. The van der Waals surface area contributed by atoms with Gasteiger partial charge in [-0.1, -0.05) is 31.2 Å². The maximum atomic E-state index is 6.32. The summed E-state index contributed by atoms with van der Waals surface area (Å²) < 4.78 is 12.2. The van der Waals surface area contributed by atoms with E-state index < -0.39 is 16.4 Å². The Balaban J connectivity index is 4.95.